The van der Waals surface area contributed by atoms with Gasteiger partial charge in [0.2, 0.25) is 5.91 Å². The predicted octanol–water partition coefficient (Wildman–Crippen LogP) is 3.23. The molecule has 5 nitrogen and oxygen atoms in total. The van der Waals surface area contributed by atoms with Crippen molar-refractivity contribution in [3.8, 4) is 11.5 Å². The molecule has 0 spiro atoms. The van der Waals surface area contributed by atoms with Crippen LogP contribution in [0, 0.1) is 0 Å². The lowest BCUT2D eigenvalue weighted by Crippen LogP contribution is -2.08. The van der Waals surface area contributed by atoms with Gasteiger partial charge >= 0.3 is 0 Å². The van der Waals surface area contributed by atoms with Gasteiger partial charge in [-0.3, -0.25) is 4.79 Å². The number of hydrogen-bond donors (Lipinski definition) is 4. The summed E-state index contributed by atoms with van der Waals surface area (Å²) in [5.41, 5.74) is 2.18. The molecule has 21 heavy (non-hydrogen) atoms. The van der Waals surface area contributed by atoms with Gasteiger partial charge in [-0.05, 0) is 49.4 Å². The van der Waals surface area contributed by atoms with Crippen molar-refractivity contribution in [2.75, 3.05) is 10.6 Å². The van der Waals surface area contributed by atoms with Crippen LogP contribution in [0.25, 0.3) is 0 Å². The maximum Gasteiger partial charge on any atom is 0.221 e. The van der Waals surface area contributed by atoms with Crippen molar-refractivity contribution in [1.82, 2.24) is 0 Å². The van der Waals surface area contributed by atoms with Crippen molar-refractivity contribution in [1.29, 1.82) is 0 Å². The first-order chi connectivity index (χ1) is 9.95. The maximum atomic E-state index is 11.0. The molecule has 1 unspecified atom stereocenters. The first kappa shape index (κ1) is 14.7. The van der Waals surface area contributed by atoms with Crippen LogP contribution in [0.3, 0.4) is 0 Å². The molecule has 0 aliphatic heterocycles. The topological polar surface area (TPSA) is 81.6 Å². The van der Waals surface area contributed by atoms with Gasteiger partial charge in [-0.15, -0.1) is 0 Å². The van der Waals surface area contributed by atoms with Crippen LogP contribution in [0.2, 0.25) is 0 Å². The molecule has 2 aromatic rings. The highest BCUT2D eigenvalue weighted by Gasteiger charge is 2.11. The number of amides is 1. The molecule has 0 aliphatic rings. The van der Waals surface area contributed by atoms with Gasteiger partial charge in [-0.25, -0.2) is 0 Å². The Kier molecular flexibility index (Phi) is 4.33. The fourth-order valence-electron chi connectivity index (χ4n) is 2.07. The van der Waals surface area contributed by atoms with Crippen molar-refractivity contribution in [2.24, 2.45) is 0 Å². The van der Waals surface area contributed by atoms with Crippen LogP contribution in [0.5, 0.6) is 11.5 Å². The summed E-state index contributed by atoms with van der Waals surface area (Å²) in [7, 11) is 0. The van der Waals surface area contributed by atoms with Gasteiger partial charge in [0.15, 0.2) is 0 Å². The van der Waals surface area contributed by atoms with E-state index in [4.69, 9.17) is 0 Å². The number of anilines is 2. The molecule has 4 N–H and O–H groups in total. The molecule has 0 saturated carbocycles. The van der Waals surface area contributed by atoms with E-state index in [1.165, 1.54) is 25.1 Å². The quantitative estimate of drug-likeness (QED) is 0.650. The van der Waals surface area contributed by atoms with E-state index >= 15 is 0 Å². The average molecular weight is 286 g/mol. The zero-order chi connectivity index (χ0) is 15.4. The van der Waals surface area contributed by atoms with Gasteiger partial charge in [0.1, 0.15) is 11.5 Å². The van der Waals surface area contributed by atoms with Gasteiger partial charge in [0.05, 0.1) is 6.04 Å². The molecule has 0 heterocycles. The second-order valence-corrected chi connectivity index (χ2v) is 4.87. The minimum Gasteiger partial charge on any atom is -0.508 e. The Labute approximate surface area is 123 Å². The second kappa shape index (κ2) is 6.17. The maximum absolute atomic E-state index is 11.0. The van der Waals surface area contributed by atoms with E-state index < -0.39 is 0 Å². The fourth-order valence-corrected chi connectivity index (χ4v) is 2.07. The first-order valence-corrected chi connectivity index (χ1v) is 6.62. The minimum absolute atomic E-state index is 0.109. The van der Waals surface area contributed by atoms with Crippen LogP contribution < -0.4 is 10.6 Å². The largest absolute Gasteiger partial charge is 0.508 e. The van der Waals surface area contributed by atoms with Crippen molar-refractivity contribution in [3.63, 3.8) is 0 Å². The molecule has 0 bridgehead atoms. The van der Waals surface area contributed by atoms with Crippen molar-refractivity contribution in [3.05, 3.63) is 48.0 Å². The number of carbonyl (C=O) groups excluding carboxylic acids is 1. The van der Waals surface area contributed by atoms with Crippen molar-refractivity contribution in [2.45, 2.75) is 19.9 Å². The number of hydrogen-bond acceptors (Lipinski definition) is 4. The van der Waals surface area contributed by atoms with Gasteiger partial charge in [-0.2, -0.15) is 0 Å². The first-order valence-electron chi connectivity index (χ1n) is 6.62. The summed E-state index contributed by atoms with van der Waals surface area (Å²) in [6, 6.07) is 11.5. The van der Waals surface area contributed by atoms with Crippen LogP contribution in [0.1, 0.15) is 25.5 Å². The molecule has 1 amide bonds. The zero-order valence-corrected chi connectivity index (χ0v) is 11.9. The van der Waals surface area contributed by atoms with E-state index in [1.54, 1.807) is 12.1 Å². The van der Waals surface area contributed by atoms with Crippen LogP contribution in [-0.2, 0) is 4.79 Å². The molecule has 0 fully saturated rings. The predicted molar refractivity (Wildman–Crippen MR) is 82.6 cm³/mol. The Morgan fingerprint density at radius 3 is 2.29 bits per heavy atom. The number of rotatable bonds is 4. The highest BCUT2D eigenvalue weighted by atomic mass is 16.3. The molecule has 0 saturated heterocycles. The Morgan fingerprint density at radius 1 is 1.05 bits per heavy atom. The Hall–Kier alpha value is -2.69. The van der Waals surface area contributed by atoms with Crippen LogP contribution in [-0.4, -0.2) is 16.1 Å². The molecule has 0 aromatic heterocycles. The lowest BCUT2D eigenvalue weighted by molar-refractivity contribution is -0.114. The summed E-state index contributed by atoms with van der Waals surface area (Å²) in [6.07, 6.45) is 0. The molecule has 0 aliphatic carbocycles. The lowest BCUT2D eigenvalue weighted by Gasteiger charge is -2.17. The van der Waals surface area contributed by atoms with Crippen LogP contribution >= 0.6 is 0 Å². The zero-order valence-electron chi connectivity index (χ0n) is 11.9. The summed E-state index contributed by atoms with van der Waals surface area (Å²) in [4.78, 5) is 11.0. The number of nitrogens with one attached hydrogen (secondary N) is 2. The number of aromatic hydroxyl groups is 2. The SMILES string of the molecule is CC(=O)Nc1ccc(NC(C)c2cc(O)ccc2O)cc1. The van der Waals surface area contributed by atoms with Gasteiger partial charge in [0.25, 0.3) is 0 Å². The van der Waals surface area contributed by atoms with Gasteiger partial charge < -0.3 is 20.8 Å². The smallest absolute Gasteiger partial charge is 0.221 e. The third-order valence-electron chi connectivity index (χ3n) is 3.07. The standard InChI is InChI=1S/C16H18N2O3/c1-10(15-9-14(20)7-8-16(15)21)17-12-3-5-13(6-4-12)18-11(2)19/h3-10,17,20-21H,1-2H3,(H,18,19). The van der Waals surface area contributed by atoms with Crippen molar-refractivity contribution < 1.29 is 15.0 Å². The Morgan fingerprint density at radius 2 is 1.67 bits per heavy atom. The summed E-state index contributed by atoms with van der Waals surface area (Å²) in [5.74, 6) is 0.119. The van der Waals surface area contributed by atoms with Gasteiger partial charge in [0, 0.05) is 23.9 Å². The van der Waals surface area contributed by atoms with E-state index in [2.05, 4.69) is 10.6 Å². The van der Waals surface area contributed by atoms with E-state index in [-0.39, 0.29) is 23.4 Å². The molecule has 2 aromatic carbocycles. The monoisotopic (exact) mass is 286 g/mol. The molecular formula is C16H18N2O3. The summed E-state index contributed by atoms with van der Waals surface area (Å²) < 4.78 is 0. The molecule has 1 atom stereocenters. The fraction of sp³-hybridized carbons (Fsp3) is 0.188. The summed E-state index contributed by atoms with van der Waals surface area (Å²) in [6.45, 7) is 3.34. The third-order valence-corrected chi connectivity index (χ3v) is 3.07. The molecular weight excluding hydrogens is 268 g/mol. The van der Waals surface area contributed by atoms with Crippen LogP contribution in [0.15, 0.2) is 42.5 Å². The minimum atomic E-state index is -0.177. The lowest BCUT2D eigenvalue weighted by atomic mass is 10.1. The van der Waals surface area contributed by atoms with E-state index in [1.807, 2.05) is 19.1 Å². The number of benzene rings is 2. The third kappa shape index (κ3) is 3.89. The van der Waals surface area contributed by atoms with E-state index in [0.29, 0.717) is 5.56 Å². The number of phenols is 2. The molecule has 5 heteroatoms. The highest BCUT2D eigenvalue weighted by Crippen LogP contribution is 2.30. The molecule has 0 radical (unpaired) electrons. The Balaban J connectivity index is 2.10. The summed E-state index contributed by atoms with van der Waals surface area (Å²) in [5, 5.41) is 25.2. The van der Waals surface area contributed by atoms with E-state index in [0.717, 1.165) is 11.4 Å². The van der Waals surface area contributed by atoms with Crippen molar-refractivity contribution >= 4 is 17.3 Å². The molecule has 2 rings (SSSR count). The average Bonchev–Trinajstić information content (AvgIpc) is 2.43. The number of carbonyl (C=O) groups is 1. The normalized spacial score (nSPS) is 11.7. The van der Waals surface area contributed by atoms with Gasteiger partial charge in [-0.1, -0.05) is 0 Å². The van der Waals surface area contributed by atoms with E-state index in [9.17, 15) is 15.0 Å². The Bertz CT molecular complexity index is 638. The second-order valence-electron chi connectivity index (χ2n) is 4.87. The van der Waals surface area contributed by atoms with Crippen LogP contribution in [0.4, 0.5) is 11.4 Å². The number of phenolic OH excluding ortho intramolecular Hbond substituents is 2. The summed E-state index contributed by atoms with van der Waals surface area (Å²) >= 11 is 0. The highest BCUT2D eigenvalue weighted by molar-refractivity contribution is 5.88. The molecule has 110 valence electrons.